The van der Waals surface area contributed by atoms with E-state index in [1.54, 1.807) is 61.0 Å². The number of aromatic nitrogens is 2. The zero-order valence-corrected chi connectivity index (χ0v) is 32.3. The molecule has 56 heavy (non-hydrogen) atoms. The minimum Gasteiger partial charge on any atom is -0.495 e. The van der Waals surface area contributed by atoms with E-state index in [0.717, 1.165) is 27.3 Å². The second-order valence-corrected chi connectivity index (χ2v) is 13.3. The molecule has 0 bridgehead atoms. The molecule has 1 aromatic heterocycles. The number of nitrogens with one attached hydrogen (secondary N) is 3. The van der Waals surface area contributed by atoms with Crippen LogP contribution in [0.1, 0.15) is 48.8 Å². The average molecular weight is 764 g/mol. The fourth-order valence-corrected chi connectivity index (χ4v) is 6.69. The molecule has 3 atom stereocenters. The highest BCUT2D eigenvalue weighted by atomic mass is 16.7. The normalized spacial score (nSPS) is 15.2. The number of para-hydroxylation sites is 1. The fraction of sp³-hybridized carbons (Fsp3) is 0.310. The second kappa shape index (κ2) is 17.5. The lowest BCUT2D eigenvalue weighted by Gasteiger charge is -2.24. The Bertz CT molecular complexity index is 2280. The first-order valence-electron chi connectivity index (χ1n) is 18.4. The number of rotatable bonds is 16. The highest BCUT2D eigenvalue weighted by Crippen LogP contribution is 2.33. The standard InChI is InChI=1S/C42H46N6O8/c1-7-35(56-33-20-18-26(3)22-27(33)4)55-25-43-29-19-21-34(53-6)31(23-29)44-39(50)36(37-45-38(49)30-16-12-13-17-32(30)46(37)5)48-40(51)41(54-8-2)47(42(48)52)24-28-14-10-9-11-15-28/h9-23,35-36,41,43H,7-8,24-25H2,1-6H3,(H,44,50)/p+1. The smallest absolute Gasteiger partial charge is 0.343 e. The lowest BCUT2D eigenvalue weighted by molar-refractivity contribution is -0.658. The number of urea groups is 1. The van der Waals surface area contributed by atoms with Crippen LogP contribution in [0.15, 0.2) is 95.8 Å². The van der Waals surface area contributed by atoms with Crippen LogP contribution in [0.2, 0.25) is 0 Å². The maximum absolute atomic E-state index is 14.7. The van der Waals surface area contributed by atoms with E-state index >= 15 is 0 Å². The molecular formula is C42H47N6O8+. The van der Waals surface area contributed by atoms with Gasteiger partial charge in [0.2, 0.25) is 18.6 Å². The van der Waals surface area contributed by atoms with Gasteiger partial charge in [-0.1, -0.05) is 67.1 Å². The van der Waals surface area contributed by atoms with Crippen molar-refractivity contribution in [1.82, 2.24) is 14.8 Å². The molecule has 0 saturated carbocycles. The molecule has 0 aliphatic carbocycles. The number of carbonyl (C=O) groups is 3. The van der Waals surface area contributed by atoms with Crippen LogP contribution in [0.5, 0.6) is 11.5 Å². The van der Waals surface area contributed by atoms with Crippen LogP contribution in [-0.4, -0.2) is 65.6 Å². The number of nitrogens with zero attached hydrogens (tertiary/aromatic N) is 3. The van der Waals surface area contributed by atoms with E-state index in [0.29, 0.717) is 28.8 Å². The summed E-state index contributed by atoms with van der Waals surface area (Å²) >= 11 is 0. The van der Waals surface area contributed by atoms with Crippen molar-refractivity contribution in [2.45, 2.75) is 59.2 Å². The number of H-pyrrole nitrogens is 1. The van der Waals surface area contributed by atoms with E-state index in [-0.39, 0.29) is 31.4 Å². The Kier molecular flexibility index (Phi) is 12.3. The number of imide groups is 1. The molecule has 0 radical (unpaired) electrons. The van der Waals surface area contributed by atoms with Crippen molar-refractivity contribution < 1.29 is 37.9 Å². The first kappa shape index (κ1) is 39.4. The molecule has 1 saturated heterocycles. The van der Waals surface area contributed by atoms with Crippen LogP contribution in [0.4, 0.5) is 16.2 Å². The third kappa shape index (κ3) is 8.36. The van der Waals surface area contributed by atoms with E-state index < -0.39 is 42.0 Å². The monoisotopic (exact) mass is 763 g/mol. The zero-order valence-electron chi connectivity index (χ0n) is 32.3. The summed E-state index contributed by atoms with van der Waals surface area (Å²) in [5.41, 5.74) is 3.69. The van der Waals surface area contributed by atoms with Crippen molar-refractivity contribution >= 4 is 40.1 Å². The average Bonchev–Trinajstić information content (AvgIpc) is 3.41. The number of methoxy groups -OCH3 is 1. The van der Waals surface area contributed by atoms with Gasteiger partial charge < -0.3 is 29.6 Å². The van der Waals surface area contributed by atoms with Crippen molar-refractivity contribution in [1.29, 1.82) is 0 Å². The van der Waals surface area contributed by atoms with Gasteiger partial charge in [-0.05, 0) is 68.3 Å². The molecule has 1 aliphatic rings. The van der Waals surface area contributed by atoms with Crippen LogP contribution in [0, 0.1) is 13.8 Å². The number of aromatic amines is 1. The number of hydrogen-bond acceptors (Lipinski definition) is 9. The topological polar surface area (TPSA) is 155 Å². The Labute approximate surface area is 324 Å². The van der Waals surface area contributed by atoms with Gasteiger partial charge in [0.1, 0.15) is 29.1 Å². The third-order valence-electron chi connectivity index (χ3n) is 9.51. The quantitative estimate of drug-likeness (QED) is 0.0654. The molecule has 4 amide bonds. The SMILES string of the molecule is CCOC1C(=O)N(C(C(=O)Nc2cc(NCOC(CC)Oc3ccc(C)cc3C)ccc2OC)c2[nH]c(=O)c3ccccc3[n+]2C)C(=O)N1Cc1ccccc1. The van der Waals surface area contributed by atoms with Crippen molar-refractivity contribution in [2.24, 2.45) is 7.05 Å². The minimum absolute atomic E-state index is 0.000719. The summed E-state index contributed by atoms with van der Waals surface area (Å²) in [5, 5.41) is 6.43. The van der Waals surface area contributed by atoms with Gasteiger partial charge in [-0.2, -0.15) is 0 Å². The molecule has 3 N–H and O–H groups in total. The molecule has 0 spiro atoms. The number of aryl methyl sites for hydroxylation is 3. The van der Waals surface area contributed by atoms with Gasteiger partial charge in [0.15, 0.2) is 0 Å². The summed E-state index contributed by atoms with van der Waals surface area (Å²) in [6, 6.07) is 24.6. The van der Waals surface area contributed by atoms with Gasteiger partial charge in [-0.15, -0.1) is 0 Å². The number of fused-ring (bicyclic) bond motifs is 1. The Hall–Kier alpha value is -6.25. The summed E-state index contributed by atoms with van der Waals surface area (Å²) in [5.74, 6) is -0.500. The molecule has 3 unspecified atom stereocenters. The first-order valence-corrected chi connectivity index (χ1v) is 18.4. The van der Waals surface area contributed by atoms with Gasteiger partial charge in [0.25, 0.3) is 17.6 Å². The van der Waals surface area contributed by atoms with Crippen LogP contribution >= 0.6 is 0 Å². The predicted octanol–water partition coefficient (Wildman–Crippen LogP) is 5.69. The van der Waals surface area contributed by atoms with Gasteiger partial charge in [0, 0.05) is 18.7 Å². The van der Waals surface area contributed by atoms with Crippen molar-refractivity contribution in [3.05, 3.63) is 124 Å². The predicted molar refractivity (Wildman–Crippen MR) is 210 cm³/mol. The van der Waals surface area contributed by atoms with Gasteiger partial charge in [-0.25, -0.2) is 24.0 Å². The zero-order chi connectivity index (χ0) is 39.9. The molecule has 5 aromatic rings. The number of anilines is 2. The largest absolute Gasteiger partial charge is 0.495 e. The van der Waals surface area contributed by atoms with Crippen molar-refractivity contribution in [2.75, 3.05) is 31.1 Å². The number of benzene rings is 4. The Balaban J connectivity index is 1.31. The Morgan fingerprint density at radius 3 is 2.38 bits per heavy atom. The lowest BCUT2D eigenvalue weighted by atomic mass is 10.1. The highest BCUT2D eigenvalue weighted by Gasteiger charge is 2.54. The van der Waals surface area contributed by atoms with Crippen LogP contribution in [-0.2, 0) is 32.7 Å². The molecule has 14 heteroatoms. The number of hydrogen-bond donors (Lipinski definition) is 3. The molecule has 292 valence electrons. The first-order chi connectivity index (χ1) is 27.0. The number of ether oxygens (including phenoxy) is 4. The molecule has 4 aromatic carbocycles. The van der Waals surface area contributed by atoms with Crippen LogP contribution in [0.25, 0.3) is 10.9 Å². The van der Waals surface area contributed by atoms with Crippen molar-refractivity contribution in [3.8, 4) is 11.5 Å². The number of amides is 4. The molecule has 6 rings (SSSR count). The summed E-state index contributed by atoms with van der Waals surface area (Å²) in [6.07, 6.45) is -1.24. The fourth-order valence-electron chi connectivity index (χ4n) is 6.69. The second-order valence-electron chi connectivity index (χ2n) is 13.3. The summed E-state index contributed by atoms with van der Waals surface area (Å²) in [4.78, 5) is 61.7. The third-order valence-corrected chi connectivity index (χ3v) is 9.51. The Morgan fingerprint density at radius 2 is 1.66 bits per heavy atom. The lowest BCUT2D eigenvalue weighted by Crippen LogP contribution is -2.50. The summed E-state index contributed by atoms with van der Waals surface area (Å²) < 4.78 is 25.1. The molecule has 1 fully saturated rings. The summed E-state index contributed by atoms with van der Waals surface area (Å²) in [6.45, 7) is 7.92. The minimum atomic E-state index is -1.64. The van der Waals surface area contributed by atoms with Crippen LogP contribution < -0.4 is 30.2 Å². The Morgan fingerprint density at radius 1 is 0.929 bits per heavy atom. The maximum atomic E-state index is 14.7. The van der Waals surface area contributed by atoms with Crippen molar-refractivity contribution in [3.63, 3.8) is 0 Å². The van der Waals surface area contributed by atoms with Gasteiger partial charge >= 0.3 is 11.6 Å². The van der Waals surface area contributed by atoms with Crippen LogP contribution in [0.3, 0.4) is 0 Å². The molecule has 14 nitrogen and oxygen atoms in total. The van der Waals surface area contributed by atoms with E-state index in [1.807, 2.05) is 69.3 Å². The summed E-state index contributed by atoms with van der Waals surface area (Å²) in [7, 11) is 3.11. The van der Waals surface area contributed by atoms with Gasteiger partial charge in [-0.3, -0.25) is 14.5 Å². The number of carbonyl (C=O) groups excluding carboxylic acids is 3. The molecule has 2 heterocycles. The van der Waals surface area contributed by atoms with E-state index in [4.69, 9.17) is 18.9 Å². The van der Waals surface area contributed by atoms with E-state index in [9.17, 15) is 19.2 Å². The molecule has 1 aliphatic heterocycles. The molecular weight excluding hydrogens is 716 g/mol. The van der Waals surface area contributed by atoms with E-state index in [1.165, 1.54) is 12.0 Å². The van der Waals surface area contributed by atoms with Gasteiger partial charge in [0.05, 0.1) is 26.4 Å². The highest BCUT2D eigenvalue weighted by molar-refractivity contribution is 6.09. The van der Waals surface area contributed by atoms with E-state index in [2.05, 4.69) is 15.6 Å². The maximum Gasteiger partial charge on any atom is 0.343 e.